The van der Waals surface area contributed by atoms with Gasteiger partial charge in [0, 0.05) is 45.0 Å². The second-order valence-electron chi connectivity index (χ2n) is 21.1. The quantitative estimate of drug-likeness (QED) is 0.160. The first-order chi connectivity index (χ1) is 31.2. The summed E-state index contributed by atoms with van der Waals surface area (Å²) < 4.78 is 0. The summed E-state index contributed by atoms with van der Waals surface area (Å²) in [5.41, 5.74) is 19.3. The van der Waals surface area contributed by atoms with E-state index >= 15 is 0 Å². The molecule has 6 aliphatic rings. The van der Waals surface area contributed by atoms with Crippen LogP contribution in [-0.4, -0.2) is 16.1 Å². The zero-order chi connectivity index (χ0) is 42.7. The molecule has 0 radical (unpaired) electrons. The van der Waals surface area contributed by atoms with E-state index in [2.05, 4.69) is 195 Å². The number of anilines is 6. The summed E-state index contributed by atoms with van der Waals surface area (Å²) in [4.78, 5) is 5.25. The van der Waals surface area contributed by atoms with Crippen LogP contribution in [0.1, 0.15) is 75.6 Å². The predicted octanol–water partition coefficient (Wildman–Crippen LogP) is 13.7. The molecule has 4 heterocycles. The van der Waals surface area contributed by atoms with Gasteiger partial charge in [0.05, 0.1) is 0 Å². The van der Waals surface area contributed by atoms with Gasteiger partial charge in [0.2, 0.25) is 0 Å². The Morgan fingerprint density at radius 1 is 0.375 bits per heavy atom. The zero-order valence-corrected chi connectivity index (χ0v) is 39.6. The van der Waals surface area contributed by atoms with E-state index in [1.165, 1.54) is 139 Å². The third-order valence-corrected chi connectivity index (χ3v) is 28.1. The largest absolute Gasteiger partial charge is 0.311 e. The second-order valence-corrected chi connectivity index (χ2v) is 29.6. The van der Waals surface area contributed by atoms with Crippen LogP contribution in [0.5, 0.6) is 0 Å². The fourth-order valence-electron chi connectivity index (χ4n) is 14.8. The standard InChI is InChI=1S/C60H54N2Si2/c1-59(2)45-37-39(61-47-21-7-11-25-51(47)63(33-15-16-34-63)52-26-12-8-22-48(52)61)29-31-43(45)55-41-19-5-6-20-42(41)56-44-32-30-40(38-46(44)60(3,4)58(56)57(55)59)62-49-23-9-13-27-53(49)64(35-17-18-36-64)54-28-14-10-24-50(54)62/h5-14,19-32,37-38H,15-18,33-36H2,1-4H3. The van der Waals surface area contributed by atoms with Gasteiger partial charge >= 0.3 is 0 Å². The third-order valence-electron chi connectivity index (χ3n) is 17.4. The smallest absolute Gasteiger partial charge is 0.123 e. The SMILES string of the molecule is CC1(C)c2cc(N3c4ccccc4[Si]4(CCCC4)c4ccccc43)ccc2-c2c1c1c(c3ccccc23)-c2ccc(N3c4ccccc4[Si]4(CCCC4)c4ccccc43)cc2C1(C)C. The lowest BCUT2D eigenvalue weighted by atomic mass is 9.71. The molecule has 4 heteroatoms. The minimum atomic E-state index is -1.83. The van der Waals surface area contributed by atoms with Gasteiger partial charge in [-0.3, -0.25) is 0 Å². The molecule has 0 N–H and O–H groups in total. The number of nitrogens with zero attached hydrogens (tertiary/aromatic N) is 2. The van der Waals surface area contributed by atoms with E-state index in [9.17, 15) is 0 Å². The first-order valence-corrected chi connectivity index (χ1v) is 28.9. The van der Waals surface area contributed by atoms with E-state index in [1.54, 1.807) is 20.7 Å². The van der Waals surface area contributed by atoms with Crippen LogP contribution in [0.3, 0.4) is 0 Å². The highest BCUT2D eigenvalue weighted by atomic mass is 28.3. The van der Waals surface area contributed by atoms with Gasteiger partial charge in [-0.1, -0.05) is 163 Å². The Labute approximate surface area is 380 Å². The summed E-state index contributed by atoms with van der Waals surface area (Å²) >= 11 is 0. The molecule has 8 aromatic carbocycles. The lowest BCUT2D eigenvalue weighted by Gasteiger charge is -2.43. The molecule has 14 rings (SSSR count). The van der Waals surface area contributed by atoms with Crippen molar-refractivity contribution in [1.29, 1.82) is 0 Å². The molecule has 0 bridgehead atoms. The van der Waals surface area contributed by atoms with Crippen LogP contribution in [-0.2, 0) is 10.8 Å². The molecule has 2 fully saturated rings. The Morgan fingerprint density at radius 3 is 1.03 bits per heavy atom. The molecule has 2 saturated heterocycles. The minimum Gasteiger partial charge on any atom is -0.311 e. The molecular weight excluding hydrogens is 805 g/mol. The van der Waals surface area contributed by atoms with E-state index < -0.39 is 16.1 Å². The average molecular weight is 859 g/mol. The van der Waals surface area contributed by atoms with Gasteiger partial charge in [-0.15, -0.1) is 0 Å². The van der Waals surface area contributed by atoms with Crippen molar-refractivity contribution < 1.29 is 0 Å². The highest BCUT2D eigenvalue weighted by Crippen LogP contribution is 2.63. The molecule has 8 aromatic rings. The molecule has 0 atom stereocenters. The predicted molar refractivity (Wildman–Crippen MR) is 276 cm³/mol. The number of rotatable bonds is 2. The van der Waals surface area contributed by atoms with Crippen molar-refractivity contribution in [2.24, 2.45) is 0 Å². The van der Waals surface area contributed by atoms with E-state index in [0.29, 0.717) is 0 Å². The van der Waals surface area contributed by atoms with Gasteiger partial charge in [0.1, 0.15) is 16.1 Å². The average Bonchev–Trinajstić information content (AvgIpc) is 4.12. The maximum Gasteiger partial charge on any atom is 0.123 e. The summed E-state index contributed by atoms with van der Waals surface area (Å²) in [6.45, 7) is 10.1. The normalized spacial score (nSPS) is 19.2. The van der Waals surface area contributed by atoms with Crippen molar-refractivity contribution in [3.8, 4) is 22.3 Å². The molecule has 4 aliphatic heterocycles. The van der Waals surface area contributed by atoms with Crippen LogP contribution in [0, 0.1) is 0 Å². The molecule has 2 aliphatic carbocycles. The van der Waals surface area contributed by atoms with Crippen molar-refractivity contribution in [2.45, 2.75) is 88.4 Å². The molecule has 64 heavy (non-hydrogen) atoms. The van der Waals surface area contributed by atoms with Crippen LogP contribution in [0.25, 0.3) is 33.0 Å². The first kappa shape index (κ1) is 37.4. The number of fused-ring (bicyclic) bond motifs is 18. The van der Waals surface area contributed by atoms with Gasteiger partial charge in [-0.2, -0.15) is 0 Å². The highest BCUT2D eigenvalue weighted by molar-refractivity contribution is 7.05. The van der Waals surface area contributed by atoms with E-state index in [0.717, 1.165) is 0 Å². The van der Waals surface area contributed by atoms with Crippen molar-refractivity contribution >= 4 is 81.8 Å². The fraction of sp³-hybridized carbons (Fsp3) is 0.233. The van der Waals surface area contributed by atoms with Crippen LogP contribution in [0.4, 0.5) is 34.1 Å². The van der Waals surface area contributed by atoms with Crippen molar-refractivity contribution in [3.63, 3.8) is 0 Å². The first-order valence-electron chi connectivity index (χ1n) is 24.1. The minimum absolute atomic E-state index is 0.224. The van der Waals surface area contributed by atoms with Crippen LogP contribution >= 0.6 is 0 Å². The molecule has 0 unspecified atom stereocenters. The number of benzene rings is 8. The monoisotopic (exact) mass is 858 g/mol. The second kappa shape index (κ2) is 12.9. The van der Waals surface area contributed by atoms with Crippen molar-refractivity contribution in [2.75, 3.05) is 9.80 Å². The topological polar surface area (TPSA) is 6.48 Å². The summed E-state index contributed by atoms with van der Waals surface area (Å²) in [7, 11) is -3.65. The van der Waals surface area contributed by atoms with Gasteiger partial charge < -0.3 is 9.80 Å². The Kier molecular flexibility index (Phi) is 7.52. The van der Waals surface area contributed by atoms with E-state index in [4.69, 9.17) is 0 Å². The molecule has 2 spiro atoms. The van der Waals surface area contributed by atoms with Crippen LogP contribution < -0.4 is 30.5 Å². The zero-order valence-electron chi connectivity index (χ0n) is 37.6. The van der Waals surface area contributed by atoms with Crippen molar-refractivity contribution in [1.82, 2.24) is 0 Å². The van der Waals surface area contributed by atoms with Gasteiger partial charge in [0.15, 0.2) is 0 Å². The van der Waals surface area contributed by atoms with Gasteiger partial charge in [-0.05, 0) is 149 Å². The summed E-state index contributed by atoms with van der Waals surface area (Å²) in [5.74, 6) is 0. The Morgan fingerprint density at radius 2 is 0.688 bits per heavy atom. The number of hydrogen-bond donors (Lipinski definition) is 0. The third kappa shape index (κ3) is 4.56. The molecule has 312 valence electrons. The highest BCUT2D eigenvalue weighted by Gasteiger charge is 2.51. The number of para-hydroxylation sites is 4. The summed E-state index contributed by atoms with van der Waals surface area (Å²) in [6, 6.07) is 67.6. The van der Waals surface area contributed by atoms with Gasteiger partial charge in [-0.25, -0.2) is 0 Å². The van der Waals surface area contributed by atoms with Gasteiger partial charge in [0.25, 0.3) is 0 Å². The molecule has 2 nitrogen and oxygen atoms in total. The molecule has 0 aromatic heterocycles. The van der Waals surface area contributed by atoms with Crippen LogP contribution in [0.15, 0.2) is 158 Å². The Hall–Kier alpha value is -5.95. The number of hydrogen-bond acceptors (Lipinski definition) is 2. The lowest BCUT2D eigenvalue weighted by Crippen LogP contribution is -2.60. The van der Waals surface area contributed by atoms with Crippen molar-refractivity contribution in [3.05, 3.63) is 180 Å². The maximum absolute atomic E-state index is 2.62. The molecule has 0 saturated carbocycles. The summed E-state index contributed by atoms with van der Waals surface area (Å²) in [6.07, 6.45) is 5.40. The van der Waals surface area contributed by atoms with E-state index in [1.807, 2.05) is 0 Å². The van der Waals surface area contributed by atoms with E-state index in [-0.39, 0.29) is 10.8 Å². The Bertz CT molecular complexity index is 3010. The fourth-order valence-corrected chi connectivity index (χ4v) is 25.8. The van der Waals surface area contributed by atoms with Crippen LogP contribution in [0.2, 0.25) is 24.2 Å². The molecule has 0 amide bonds. The Balaban J connectivity index is 0.946. The maximum atomic E-state index is 2.62. The molecular formula is C60H54N2Si2. The summed E-state index contributed by atoms with van der Waals surface area (Å²) in [5, 5.41) is 9.28. The lowest BCUT2D eigenvalue weighted by molar-refractivity contribution is 0.602.